The van der Waals surface area contributed by atoms with Crippen molar-refractivity contribution in [1.29, 1.82) is 0 Å². The van der Waals surface area contributed by atoms with Gasteiger partial charge in [0.2, 0.25) is 5.91 Å². The fraction of sp³-hybridized carbons (Fsp3) is 0.429. The van der Waals surface area contributed by atoms with Crippen LogP contribution in [-0.2, 0) is 14.3 Å². The summed E-state index contributed by atoms with van der Waals surface area (Å²) in [4.78, 5) is 24.3. The summed E-state index contributed by atoms with van der Waals surface area (Å²) in [6.45, 7) is 5.70. The van der Waals surface area contributed by atoms with Gasteiger partial charge in [0.05, 0.1) is 7.11 Å². The highest BCUT2D eigenvalue weighted by Crippen LogP contribution is 2.16. The largest absolute Gasteiger partial charge is 0.467 e. The molecule has 5 heteroatoms. The van der Waals surface area contributed by atoms with E-state index in [-0.39, 0.29) is 11.8 Å². The molecule has 0 aliphatic heterocycles. The molecule has 1 amide bonds. The average Bonchev–Trinajstić information content (AvgIpc) is 2.77. The highest BCUT2D eigenvalue weighted by atomic mass is 32.1. The summed E-state index contributed by atoms with van der Waals surface area (Å²) >= 11 is 1.57. The molecule has 1 atom stereocenters. The highest BCUT2D eigenvalue weighted by Gasteiger charge is 2.23. The van der Waals surface area contributed by atoms with Gasteiger partial charge in [-0.25, -0.2) is 4.79 Å². The van der Waals surface area contributed by atoms with E-state index >= 15 is 0 Å². The van der Waals surface area contributed by atoms with Gasteiger partial charge in [-0.3, -0.25) is 4.79 Å². The number of carbonyl (C=O) groups excluding carboxylic acids is 2. The quantitative estimate of drug-likeness (QED) is 0.666. The Morgan fingerprint density at radius 1 is 1.42 bits per heavy atom. The van der Waals surface area contributed by atoms with E-state index in [0.29, 0.717) is 0 Å². The Morgan fingerprint density at radius 3 is 2.58 bits per heavy atom. The van der Waals surface area contributed by atoms with Crippen LogP contribution in [0.2, 0.25) is 0 Å². The van der Waals surface area contributed by atoms with Gasteiger partial charge in [-0.05, 0) is 35.9 Å². The van der Waals surface area contributed by atoms with Crippen molar-refractivity contribution in [2.24, 2.45) is 5.92 Å². The number of methoxy groups -OCH3 is 1. The van der Waals surface area contributed by atoms with Crippen LogP contribution in [0.3, 0.4) is 0 Å². The van der Waals surface area contributed by atoms with Crippen molar-refractivity contribution in [3.8, 4) is 0 Å². The topological polar surface area (TPSA) is 55.4 Å². The standard InChI is InChI=1S/C14H19NO3S/c1-9(2)13(14(17)18-4)15-12(16)6-5-11-10(3)7-8-19-11/h5-9,13H,1-4H3,(H,15,16)/b6-5+. The molecule has 0 aliphatic rings. The number of hydrogen-bond acceptors (Lipinski definition) is 4. The van der Waals surface area contributed by atoms with Crippen LogP contribution in [0.15, 0.2) is 17.5 Å². The van der Waals surface area contributed by atoms with E-state index in [0.717, 1.165) is 10.4 Å². The monoisotopic (exact) mass is 281 g/mol. The Kier molecular flexibility index (Phi) is 5.76. The molecule has 0 aromatic carbocycles. The number of thiophene rings is 1. The van der Waals surface area contributed by atoms with Crippen LogP contribution >= 0.6 is 11.3 Å². The van der Waals surface area contributed by atoms with E-state index in [1.165, 1.54) is 13.2 Å². The van der Waals surface area contributed by atoms with Gasteiger partial charge in [0.15, 0.2) is 0 Å². The molecule has 19 heavy (non-hydrogen) atoms. The fourth-order valence-electron chi connectivity index (χ4n) is 1.53. The van der Waals surface area contributed by atoms with Crippen LogP contribution in [0.5, 0.6) is 0 Å². The predicted molar refractivity (Wildman–Crippen MR) is 76.9 cm³/mol. The number of nitrogens with one attached hydrogen (secondary N) is 1. The zero-order valence-electron chi connectivity index (χ0n) is 11.6. The molecule has 1 N–H and O–H groups in total. The van der Waals surface area contributed by atoms with Crippen LogP contribution in [0.25, 0.3) is 6.08 Å². The second kappa shape index (κ2) is 7.09. The number of aryl methyl sites for hydroxylation is 1. The maximum Gasteiger partial charge on any atom is 0.328 e. The van der Waals surface area contributed by atoms with E-state index in [2.05, 4.69) is 10.1 Å². The van der Waals surface area contributed by atoms with Crippen LogP contribution in [0, 0.1) is 12.8 Å². The summed E-state index contributed by atoms with van der Waals surface area (Å²) in [5.41, 5.74) is 1.13. The molecule has 0 bridgehead atoms. The molecule has 0 saturated heterocycles. The van der Waals surface area contributed by atoms with E-state index in [1.54, 1.807) is 17.4 Å². The van der Waals surface area contributed by atoms with Gasteiger partial charge in [0, 0.05) is 11.0 Å². The molecule has 0 radical (unpaired) electrons. The van der Waals surface area contributed by atoms with Gasteiger partial charge >= 0.3 is 5.97 Å². The molecular weight excluding hydrogens is 262 g/mol. The second-order valence-electron chi connectivity index (χ2n) is 4.55. The minimum Gasteiger partial charge on any atom is -0.467 e. The summed E-state index contributed by atoms with van der Waals surface area (Å²) in [6, 6.07) is 1.37. The van der Waals surface area contributed by atoms with Crippen LogP contribution in [0.4, 0.5) is 0 Å². The van der Waals surface area contributed by atoms with Crippen molar-refractivity contribution in [3.05, 3.63) is 28.0 Å². The molecule has 1 aromatic heterocycles. The maximum atomic E-state index is 11.8. The van der Waals surface area contributed by atoms with Crippen molar-refractivity contribution in [3.63, 3.8) is 0 Å². The van der Waals surface area contributed by atoms with Crippen LogP contribution < -0.4 is 5.32 Å². The highest BCUT2D eigenvalue weighted by molar-refractivity contribution is 7.11. The zero-order valence-corrected chi connectivity index (χ0v) is 12.4. The molecule has 1 unspecified atom stereocenters. The Bertz CT molecular complexity index is 477. The number of ether oxygens (including phenoxy) is 1. The van der Waals surface area contributed by atoms with Gasteiger partial charge in [-0.1, -0.05) is 13.8 Å². The minimum atomic E-state index is -0.619. The second-order valence-corrected chi connectivity index (χ2v) is 5.50. The molecule has 104 valence electrons. The smallest absolute Gasteiger partial charge is 0.328 e. The van der Waals surface area contributed by atoms with Crippen molar-refractivity contribution >= 4 is 29.3 Å². The lowest BCUT2D eigenvalue weighted by atomic mass is 10.0. The number of rotatable bonds is 5. The predicted octanol–water partition coefficient (Wildman–Crippen LogP) is 2.38. The first-order valence-corrected chi connectivity index (χ1v) is 6.94. The molecule has 0 fully saturated rings. The Balaban J connectivity index is 2.66. The molecule has 4 nitrogen and oxygen atoms in total. The van der Waals surface area contributed by atoms with E-state index in [1.807, 2.05) is 32.2 Å². The van der Waals surface area contributed by atoms with Gasteiger partial charge in [-0.15, -0.1) is 11.3 Å². The van der Waals surface area contributed by atoms with E-state index in [4.69, 9.17) is 0 Å². The molecule has 0 spiro atoms. The number of hydrogen-bond donors (Lipinski definition) is 1. The van der Waals surface area contributed by atoms with Crippen molar-refractivity contribution in [1.82, 2.24) is 5.32 Å². The molecule has 1 aromatic rings. The Hall–Kier alpha value is -1.62. The van der Waals surface area contributed by atoms with Gasteiger partial charge in [0.25, 0.3) is 0 Å². The van der Waals surface area contributed by atoms with E-state index in [9.17, 15) is 9.59 Å². The molecule has 1 rings (SSSR count). The molecule has 1 heterocycles. The molecule has 0 saturated carbocycles. The van der Waals surface area contributed by atoms with Gasteiger partial charge in [0.1, 0.15) is 6.04 Å². The summed E-state index contributed by atoms with van der Waals surface area (Å²) < 4.78 is 4.67. The zero-order chi connectivity index (χ0) is 14.4. The Labute approximate surface area is 117 Å². The lowest BCUT2D eigenvalue weighted by molar-refractivity contribution is -0.145. The Morgan fingerprint density at radius 2 is 2.11 bits per heavy atom. The van der Waals surface area contributed by atoms with Crippen molar-refractivity contribution in [2.75, 3.05) is 7.11 Å². The lowest BCUT2D eigenvalue weighted by Gasteiger charge is -2.18. The first kappa shape index (κ1) is 15.4. The van der Waals surface area contributed by atoms with Gasteiger partial charge < -0.3 is 10.1 Å². The number of carbonyl (C=O) groups is 2. The fourth-order valence-corrected chi connectivity index (χ4v) is 2.35. The number of amides is 1. The first-order chi connectivity index (χ1) is 8.95. The summed E-state index contributed by atoms with van der Waals surface area (Å²) in [6.07, 6.45) is 3.20. The summed E-state index contributed by atoms with van der Waals surface area (Å²) in [5, 5.41) is 4.62. The third kappa shape index (κ3) is 4.52. The summed E-state index contributed by atoms with van der Waals surface area (Å²) in [7, 11) is 1.31. The molecule has 0 aliphatic carbocycles. The minimum absolute atomic E-state index is 0.0201. The van der Waals surface area contributed by atoms with Crippen LogP contribution in [0.1, 0.15) is 24.3 Å². The van der Waals surface area contributed by atoms with E-state index < -0.39 is 12.0 Å². The summed E-state index contributed by atoms with van der Waals surface area (Å²) in [5.74, 6) is -0.741. The van der Waals surface area contributed by atoms with Crippen molar-refractivity contribution < 1.29 is 14.3 Å². The number of esters is 1. The lowest BCUT2D eigenvalue weighted by Crippen LogP contribution is -2.44. The van der Waals surface area contributed by atoms with Gasteiger partial charge in [-0.2, -0.15) is 0 Å². The normalized spacial score (nSPS) is 12.7. The third-order valence-electron chi connectivity index (χ3n) is 2.71. The van der Waals surface area contributed by atoms with Crippen LogP contribution in [-0.4, -0.2) is 25.0 Å². The average molecular weight is 281 g/mol. The first-order valence-electron chi connectivity index (χ1n) is 6.06. The molecular formula is C14H19NO3S. The SMILES string of the molecule is COC(=O)C(NC(=O)/C=C/c1sccc1C)C(C)C. The maximum absolute atomic E-state index is 11.8. The van der Waals surface area contributed by atoms with Crippen molar-refractivity contribution in [2.45, 2.75) is 26.8 Å². The third-order valence-corrected chi connectivity index (χ3v) is 3.69.